The summed E-state index contributed by atoms with van der Waals surface area (Å²) in [4.78, 5) is 26.5. The van der Waals surface area contributed by atoms with Crippen LogP contribution in [-0.2, 0) is 9.53 Å². The van der Waals surface area contributed by atoms with Crippen molar-refractivity contribution in [2.24, 2.45) is 5.92 Å². The van der Waals surface area contributed by atoms with Gasteiger partial charge in [0, 0.05) is 30.1 Å². The molecule has 0 radical (unpaired) electrons. The molecule has 2 heterocycles. The van der Waals surface area contributed by atoms with E-state index in [0.717, 1.165) is 5.69 Å². The first kappa shape index (κ1) is 23.7. The molecule has 1 saturated heterocycles. The van der Waals surface area contributed by atoms with E-state index in [2.05, 4.69) is 20.7 Å². The first-order valence-electron chi connectivity index (χ1n) is 10.9. The second kappa shape index (κ2) is 9.84. The van der Waals surface area contributed by atoms with Crippen molar-refractivity contribution < 1.29 is 32.2 Å². The van der Waals surface area contributed by atoms with Gasteiger partial charge in [-0.15, -0.1) is 13.2 Å². The van der Waals surface area contributed by atoms with E-state index in [1.807, 2.05) is 0 Å². The van der Waals surface area contributed by atoms with Crippen LogP contribution in [0.25, 0.3) is 0 Å². The number of ether oxygens (including phenoxy) is 2. The van der Waals surface area contributed by atoms with Crippen LogP contribution in [0.4, 0.5) is 23.7 Å². The molecule has 1 aliphatic carbocycles. The molecule has 8 nitrogen and oxygen atoms in total. The highest BCUT2D eigenvalue weighted by molar-refractivity contribution is 6.30. The third kappa shape index (κ3) is 6.35. The first-order chi connectivity index (χ1) is 15.7. The molecule has 1 aromatic rings. The zero-order valence-corrected chi connectivity index (χ0v) is 18.5. The Hall–Kier alpha value is -2.40. The number of alkyl halides is 3. The van der Waals surface area contributed by atoms with Crippen LogP contribution in [-0.4, -0.2) is 67.6 Å². The van der Waals surface area contributed by atoms with E-state index in [-0.39, 0.29) is 42.8 Å². The van der Waals surface area contributed by atoms with Crippen molar-refractivity contribution in [3.63, 3.8) is 0 Å². The minimum atomic E-state index is -4.65. The van der Waals surface area contributed by atoms with Gasteiger partial charge in [0.05, 0.1) is 24.9 Å². The number of carbonyl (C=O) groups is 2. The Kier molecular flexibility index (Phi) is 7.08. The average Bonchev–Trinajstić information content (AvgIpc) is 2.75. The molecule has 1 aromatic carbocycles. The highest BCUT2D eigenvalue weighted by atomic mass is 35.5. The molecule has 4 rings (SSSR count). The van der Waals surface area contributed by atoms with Crippen LogP contribution in [0.3, 0.4) is 0 Å². The second-order valence-electron chi connectivity index (χ2n) is 8.57. The van der Waals surface area contributed by atoms with Crippen LogP contribution >= 0.6 is 11.6 Å². The summed E-state index contributed by atoms with van der Waals surface area (Å²) in [7, 11) is 0. The van der Waals surface area contributed by atoms with Gasteiger partial charge in [-0.1, -0.05) is 11.6 Å². The van der Waals surface area contributed by atoms with Crippen LogP contribution in [0.15, 0.2) is 18.2 Å². The Labute approximate surface area is 194 Å². The smallest absolute Gasteiger partial charge is 0.485 e. The third-order valence-corrected chi connectivity index (χ3v) is 6.37. The fourth-order valence-electron chi connectivity index (χ4n) is 4.24. The van der Waals surface area contributed by atoms with E-state index in [4.69, 9.17) is 16.3 Å². The summed E-state index contributed by atoms with van der Waals surface area (Å²) in [5.74, 6) is 0.406. The van der Waals surface area contributed by atoms with Crippen molar-refractivity contribution in [2.75, 3.05) is 31.5 Å². The van der Waals surface area contributed by atoms with E-state index >= 15 is 0 Å². The lowest BCUT2D eigenvalue weighted by Crippen LogP contribution is -2.54. The molecule has 33 heavy (non-hydrogen) atoms. The monoisotopic (exact) mass is 490 g/mol. The number of halogens is 4. The molecule has 182 valence electrons. The normalized spacial score (nSPS) is 25.2. The number of hydrogen-bond acceptors (Lipinski definition) is 5. The van der Waals surface area contributed by atoms with Gasteiger partial charge in [-0.25, -0.2) is 4.79 Å². The number of anilines is 1. The Bertz CT molecular complexity index is 874. The highest BCUT2D eigenvalue weighted by Crippen LogP contribution is 2.32. The summed E-state index contributed by atoms with van der Waals surface area (Å²) in [6.07, 6.45) is -4.44. The molecular weight excluding hydrogens is 465 g/mol. The summed E-state index contributed by atoms with van der Waals surface area (Å²) in [6.45, 7) is 1.73. The van der Waals surface area contributed by atoms with Crippen LogP contribution < -0.4 is 20.7 Å². The van der Waals surface area contributed by atoms with Crippen molar-refractivity contribution in [3.8, 4) is 5.75 Å². The molecule has 3 amide bonds. The Morgan fingerprint density at radius 3 is 2.67 bits per heavy atom. The molecule has 0 aromatic heterocycles. The lowest BCUT2D eigenvalue weighted by molar-refractivity contribution is -0.351. The van der Waals surface area contributed by atoms with Gasteiger partial charge in [-0.2, -0.15) is 0 Å². The number of hydrogen-bond donors (Lipinski definition) is 3. The van der Waals surface area contributed by atoms with Crippen LogP contribution in [0.5, 0.6) is 5.75 Å². The lowest BCUT2D eigenvalue weighted by Gasteiger charge is -2.38. The maximum absolute atomic E-state index is 12.6. The molecule has 3 aliphatic rings. The van der Waals surface area contributed by atoms with Gasteiger partial charge in [0.15, 0.2) is 0 Å². The zero-order chi connectivity index (χ0) is 23.6. The number of rotatable bonds is 5. The molecule has 0 spiro atoms. The molecule has 1 unspecified atom stereocenters. The SMILES string of the molecule is O=C(NCC1CNc2cc(Cl)ccc2O1)C1CCN(C(=O)N[C@H]2C[C@@H](OC(F)(F)F)C2)CC1. The Morgan fingerprint density at radius 1 is 1.24 bits per heavy atom. The molecule has 2 fully saturated rings. The molecule has 1 saturated carbocycles. The van der Waals surface area contributed by atoms with Crippen molar-refractivity contribution in [3.05, 3.63) is 23.2 Å². The van der Waals surface area contributed by atoms with Gasteiger partial charge >= 0.3 is 12.4 Å². The predicted molar refractivity (Wildman–Crippen MR) is 114 cm³/mol. The van der Waals surface area contributed by atoms with Crippen LogP contribution in [0, 0.1) is 5.92 Å². The average molecular weight is 491 g/mol. The second-order valence-corrected chi connectivity index (χ2v) is 9.01. The Morgan fingerprint density at radius 2 is 1.97 bits per heavy atom. The summed E-state index contributed by atoms with van der Waals surface area (Å²) in [5, 5.41) is 9.51. The van der Waals surface area contributed by atoms with Gasteiger partial charge < -0.3 is 25.6 Å². The zero-order valence-electron chi connectivity index (χ0n) is 17.8. The van der Waals surface area contributed by atoms with Crippen molar-refractivity contribution >= 4 is 29.2 Å². The highest BCUT2D eigenvalue weighted by Gasteiger charge is 2.41. The number of carbonyl (C=O) groups excluding carboxylic acids is 2. The number of nitrogens with zero attached hydrogens (tertiary/aromatic N) is 1. The van der Waals surface area contributed by atoms with Crippen molar-refractivity contribution in [2.45, 2.75) is 50.3 Å². The van der Waals surface area contributed by atoms with Crippen molar-refractivity contribution in [1.29, 1.82) is 0 Å². The topological polar surface area (TPSA) is 91.9 Å². The number of piperidine rings is 1. The maximum atomic E-state index is 12.6. The fraction of sp³-hybridized carbons (Fsp3) is 0.619. The van der Waals surface area contributed by atoms with E-state index in [1.165, 1.54) is 0 Å². The summed E-state index contributed by atoms with van der Waals surface area (Å²) < 4.78 is 46.4. The summed E-state index contributed by atoms with van der Waals surface area (Å²) >= 11 is 5.97. The van der Waals surface area contributed by atoms with Gasteiger partial charge in [-0.05, 0) is 43.9 Å². The van der Waals surface area contributed by atoms with Crippen LogP contribution in [0.1, 0.15) is 25.7 Å². The van der Waals surface area contributed by atoms with E-state index in [1.54, 1.807) is 23.1 Å². The summed E-state index contributed by atoms with van der Waals surface area (Å²) in [6, 6.07) is 4.68. The number of urea groups is 1. The minimum absolute atomic E-state index is 0.0771. The van der Waals surface area contributed by atoms with Gasteiger partial charge in [0.2, 0.25) is 5.91 Å². The summed E-state index contributed by atoms with van der Waals surface area (Å²) in [5.41, 5.74) is 0.820. The molecule has 0 bridgehead atoms. The van der Waals surface area contributed by atoms with Crippen molar-refractivity contribution in [1.82, 2.24) is 15.5 Å². The minimum Gasteiger partial charge on any atom is -0.485 e. The molecule has 12 heteroatoms. The number of amides is 3. The molecule has 3 N–H and O–H groups in total. The number of nitrogens with one attached hydrogen (secondary N) is 3. The largest absolute Gasteiger partial charge is 0.522 e. The molecule has 2 aliphatic heterocycles. The fourth-order valence-corrected chi connectivity index (χ4v) is 4.41. The standard InChI is InChI=1S/C21H26ClF3N4O4/c22-13-1-2-18-17(7-13)26-10-16(32-18)11-27-19(30)12-3-5-29(6-4-12)20(31)28-14-8-15(9-14)33-21(23,24)25/h1-2,7,12,14-16,26H,3-6,8-11H2,(H,27,30)(H,28,31)/t14-,15+,16?. The molecule has 1 atom stereocenters. The Balaban J connectivity index is 1.13. The van der Waals surface area contributed by atoms with Gasteiger partial charge in [0.1, 0.15) is 11.9 Å². The number of likely N-dealkylation sites (tertiary alicyclic amines) is 1. The van der Waals surface area contributed by atoms with Gasteiger partial charge in [0.25, 0.3) is 0 Å². The molecular formula is C21H26ClF3N4O4. The number of benzene rings is 1. The van der Waals surface area contributed by atoms with Crippen LogP contribution in [0.2, 0.25) is 5.02 Å². The van der Waals surface area contributed by atoms with E-state index < -0.39 is 12.5 Å². The first-order valence-corrected chi connectivity index (χ1v) is 11.3. The third-order valence-electron chi connectivity index (χ3n) is 6.14. The number of fused-ring (bicyclic) bond motifs is 1. The van der Waals surface area contributed by atoms with E-state index in [0.29, 0.717) is 49.8 Å². The van der Waals surface area contributed by atoms with Gasteiger partial charge in [-0.3, -0.25) is 9.53 Å². The predicted octanol–water partition coefficient (Wildman–Crippen LogP) is 3.12. The van der Waals surface area contributed by atoms with E-state index in [9.17, 15) is 22.8 Å². The maximum Gasteiger partial charge on any atom is 0.522 e. The lowest BCUT2D eigenvalue weighted by atomic mass is 9.89. The quantitative estimate of drug-likeness (QED) is 0.590.